The first-order valence-corrected chi connectivity index (χ1v) is 8.78. The summed E-state index contributed by atoms with van der Waals surface area (Å²) in [5.74, 6) is -1.02. The molecule has 0 spiro atoms. The van der Waals surface area contributed by atoms with Crippen LogP contribution in [-0.2, 0) is 19.4 Å². The molecule has 0 aromatic carbocycles. The van der Waals surface area contributed by atoms with Crippen LogP contribution in [0.15, 0.2) is 0 Å². The molecular formula is C13H21NO5S. The van der Waals surface area contributed by atoms with Crippen LogP contribution in [0.4, 0.5) is 0 Å². The van der Waals surface area contributed by atoms with Crippen LogP contribution < -0.4 is 5.32 Å². The second kappa shape index (κ2) is 5.35. The minimum Gasteiger partial charge on any atom is -0.481 e. The number of nitrogens with one attached hydrogen (secondary N) is 1. The molecule has 3 atom stereocenters. The number of amides is 1. The quantitative estimate of drug-likeness (QED) is 0.791. The summed E-state index contributed by atoms with van der Waals surface area (Å²) in [6.07, 6.45) is 2.70. The second-order valence-electron chi connectivity index (χ2n) is 6.21. The molecule has 0 radical (unpaired) electrons. The number of rotatable bonds is 4. The van der Waals surface area contributed by atoms with Crippen molar-refractivity contribution in [2.75, 3.05) is 11.5 Å². The molecule has 6 nitrogen and oxygen atoms in total. The summed E-state index contributed by atoms with van der Waals surface area (Å²) in [5.41, 5.74) is -0.905. The Bertz CT molecular complexity index is 515. The van der Waals surface area contributed by atoms with Gasteiger partial charge in [-0.2, -0.15) is 0 Å². The van der Waals surface area contributed by atoms with Gasteiger partial charge in [-0.1, -0.05) is 6.42 Å². The van der Waals surface area contributed by atoms with Crippen molar-refractivity contribution in [1.82, 2.24) is 5.32 Å². The van der Waals surface area contributed by atoms with Crippen LogP contribution in [0.25, 0.3) is 0 Å². The van der Waals surface area contributed by atoms with E-state index in [0.29, 0.717) is 19.3 Å². The van der Waals surface area contributed by atoms with Crippen molar-refractivity contribution in [2.45, 2.75) is 45.1 Å². The van der Waals surface area contributed by atoms with E-state index in [4.69, 9.17) is 0 Å². The zero-order valence-electron chi connectivity index (χ0n) is 11.6. The lowest BCUT2D eigenvalue weighted by molar-refractivity contribution is -0.149. The van der Waals surface area contributed by atoms with Gasteiger partial charge in [0.1, 0.15) is 0 Å². The van der Waals surface area contributed by atoms with Crippen LogP contribution in [0.2, 0.25) is 0 Å². The lowest BCUT2D eigenvalue weighted by atomic mass is 9.84. The minimum absolute atomic E-state index is 0.0707. The molecule has 2 aliphatic rings. The largest absolute Gasteiger partial charge is 0.481 e. The molecule has 1 saturated carbocycles. The Hall–Kier alpha value is -1.11. The van der Waals surface area contributed by atoms with Gasteiger partial charge in [-0.05, 0) is 32.1 Å². The first-order valence-electron chi connectivity index (χ1n) is 6.96. The Morgan fingerprint density at radius 1 is 1.35 bits per heavy atom. The average molecular weight is 303 g/mol. The fourth-order valence-corrected chi connectivity index (χ4v) is 5.06. The van der Waals surface area contributed by atoms with Gasteiger partial charge in [0.25, 0.3) is 0 Å². The van der Waals surface area contributed by atoms with Gasteiger partial charge >= 0.3 is 5.97 Å². The average Bonchev–Trinajstić information content (AvgIpc) is 2.84. The van der Waals surface area contributed by atoms with Gasteiger partial charge in [-0.3, -0.25) is 9.59 Å². The summed E-state index contributed by atoms with van der Waals surface area (Å²) in [6, 6.07) is -0.356. The van der Waals surface area contributed by atoms with Gasteiger partial charge in [-0.15, -0.1) is 0 Å². The molecule has 1 aliphatic carbocycles. The highest BCUT2D eigenvalue weighted by molar-refractivity contribution is 7.91. The van der Waals surface area contributed by atoms with E-state index < -0.39 is 21.2 Å². The fourth-order valence-electron chi connectivity index (χ4n) is 3.20. The van der Waals surface area contributed by atoms with Crippen LogP contribution in [0.5, 0.6) is 0 Å². The number of carboxylic acid groups (broad SMARTS) is 1. The van der Waals surface area contributed by atoms with E-state index in [2.05, 4.69) is 5.32 Å². The number of hydrogen-bond donors (Lipinski definition) is 2. The molecule has 114 valence electrons. The minimum atomic E-state index is -2.98. The van der Waals surface area contributed by atoms with Crippen LogP contribution in [0.1, 0.15) is 39.0 Å². The predicted octanol–water partition coefficient (Wildman–Crippen LogP) is 0.571. The monoisotopic (exact) mass is 303 g/mol. The van der Waals surface area contributed by atoms with Crippen LogP contribution >= 0.6 is 0 Å². The van der Waals surface area contributed by atoms with Crippen molar-refractivity contribution in [3.8, 4) is 0 Å². The molecule has 1 amide bonds. The summed E-state index contributed by atoms with van der Waals surface area (Å²) in [7, 11) is -2.98. The van der Waals surface area contributed by atoms with Crippen LogP contribution in [0, 0.1) is 11.3 Å². The molecule has 7 heteroatoms. The van der Waals surface area contributed by atoms with E-state index in [1.54, 1.807) is 6.92 Å². The van der Waals surface area contributed by atoms with Crippen LogP contribution in [-0.4, -0.2) is 42.9 Å². The molecule has 0 aromatic rings. The Morgan fingerprint density at radius 3 is 2.60 bits per heavy atom. The van der Waals surface area contributed by atoms with Gasteiger partial charge < -0.3 is 10.4 Å². The second-order valence-corrected chi connectivity index (χ2v) is 8.44. The Balaban J connectivity index is 1.90. The highest BCUT2D eigenvalue weighted by Gasteiger charge is 2.46. The van der Waals surface area contributed by atoms with Crippen molar-refractivity contribution >= 4 is 21.7 Å². The Kier molecular flexibility index (Phi) is 4.09. The predicted molar refractivity (Wildman–Crippen MR) is 72.9 cm³/mol. The standard InChI is InChI=1S/C13H21NO5S/c1-13(12(16)17)5-2-3-10(13)14-11(15)7-9-4-6-20(18,19)8-9/h9-10H,2-8H2,1H3,(H,14,15)(H,16,17). The smallest absolute Gasteiger partial charge is 0.311 e. The maximum absolute atomic E-state index is 12.0. The SMILES string of the molecule is CC1(C(=O)O)CCCC1NC(=O)CC1CCS(=O)(=O)C1. The van der Waals surface area contributed by atoms with Gasteiger partial charge in [0, 0.05) is 12.5 Å². The third kappa shape index (κ3) is 3.13. The lowest BCUT2D eigenvalue weighted by Gasteiger charge is -2.28. The van der Waals surface area contributed by atoms with E-state index in [-0.39, 0.29) is 35.8 Å². The molecular weight excluding hydrogens is 282 g/mol. The molecule has 0 bridgehead atoms. The molecule has 20 heavy (non-hydrogen) atoms. The Morgan fingerprint density at radius 2 is 2.05 bits per heavy atom. The van der Waals surface area contributed by atoms with Crippen molar-refractivity contribution in [3.63, 3.8) is 0 Å². The molecule has 2 N–H and O–H groups in total. The fraction of sp³-hybridized carbons (Fsp3) is 0.846. The van der Waals surface area contributed by atoms with Gasteiger partial charge in [0.15, 0.2) is 9.84 Å². The van der Waals surface area contributed by atoms with Gasteiger partial charge in [-0.25, -0.2) is 8.42 Å². The van der Waals surface area contributed by atoms with Gasteiger partial charge in [0.2, 0.25) is 5.91 Å². The highest BCUT2D eigenvalue weighted by Crippen LogP contribution is 2.38. The summed E-state index contributed by atoms with van der Waals surface area (Å²) in [5, 5.41) is 12.1. The number of aliphatic carboxylic acids is 1. The number of carbonyl (C=O) groups excluding carboxylic acids is 1. The van der Waals surface area contributed by atoms with E-state index in [1.165, 1.54) is 0 Å². The normalized spacial score (nSPS) is 35.9. The zero-order chi connectivity index (χ0) is 15.0. The number of hydrogen-bond acceptors (Lipinski definition) is 4. The van der Waals surface area contributed by atoms with Crippen molar-refractivity contribution in [1.29, 1.82) is 0 Å². The van der Waals surface area contributed by atoms with Crippen molar-refractivity contribution in [3.05, 3.63) is 0 Å². The molecule has 2 fully saturated rings. The molecule has 1 heterocycles. The molecule has 2 rings (SSSR count). The zero-order valence-corrected chi connectivity index (χ0v) is 12.4. The molecule has 0 aromatic heterocycles. The number of carboxylic acids is 1. The van der Waals surface area contributed by atoms with E-state index in [0.717, 1.165) is 6.42 Å². The topological polar surface area (TPSA) is 101 Å². The van der Waals surface area contributed by atoms with E-state index in [1.807, 2.05) is 0 Å². The first-order chi connectivity index (χ1) is 9.23. The van der Waals surface area contributed by atoms with E-state index >= 15 is 0 Å². The molecule has 1 saturated heterocycles. The maximum atomic E-state index is 12.0. The molecule has 3 unspecified atom stereocenters. The highest BCUT2D eigenvalue weighted by atomic mass is 32.2. The van der Waals surface area contributed by atoms with Crippen LogP contribution in [0.3, 0.4) is 0 Å². The van der Waals surface area contributed by atoms with Gasteiger partial charge in [0.05, 0.1) is 16.9 Å². The summed E-state index contributed by atoms with van der Waals surface area (Å²) < 4.78 is 22.7. The summed E-state index contributed by atoms with van der Waals surface area (Å²) in [4.78, 5) is 23.3. The number of sulfone groups is 1. The van der Waals surface area contributed by atoms with E-state index in [9.17, 15) is 23.1 Å². The Labute approximate surface area is 118 Å². The van der Waals surface area contributed by atoms with Crippen molar-refractivity contribution in [2.24, 2.45) is 11.3 Å². The maximum Gasteiger partial charge on any atom is 0.311 e. The lowest BCUT2D eigenvalue weighted by Crippen LogP contribution is -2.47. The summed E-state index contributed by atoms with van der Waals surface area (Å²) in [6.45, 7) is 1.66. The third-order valence-corrected chi connectivity index (χ3v) is 6.42. The third-order valence-electron chi connectivity index (χ3n) is 4.58. The van der Waals surface area contributed by atoms with Crippen molar-refractivity contribution < 1.29 is 23.1 Å². The summed E-state index contributed by atoms with van der Waals surface area (Å²) >= 11 is 0. The molecule has 1 aliphatic heterocycles. The first kappa shape index (κ1) is 15.3. The number of carbonyl (C=O) groups is 2.